The number of amides is 2. The summed E-state index contributed by atoms with van der Waals surface area (Å²) in [6, 6.07) is -1.28. The van der Waals surface area contributed by atoms with Gasteiger partial charge in [-0.05, 0) is 25.2 Å². The van der Waals surface area contributed by atoms with Crippen molar-refractivity contribution in [3.8, 4) is 0 Å². The van der Waals surface area contributed by atoms with Crippen molar-refractivity contribution in [2.45, 2.75) is 51.1 Å². The summed E-state index contributed by atoms with van der Waals surface area (Å²) >= 11 is 0. The highest BCUT2D eigenvalue weighted by Crippen LogP contribution is 2.27. The number of aliphatic carboxylic acids is 1. The third-order valence-electron chi connectivity index (χ3n) is 4.15. The molecule has 3 atom stereocenters. The molecule has 2 saturated heterocycles. The van der Waals surface area contributed by atoms with Crippen molar-refractivity contribution >= 4 is 17.8 Å². The molecule has 0 radical (unpaired) electrons. The normalized spacial score (nSPS) is 31.1. The summed E-state index contributed by atoms with van der Waals surface area (Å²) in [6.45, 7) is 2.51. The minimum atomic E-state index is -0.948. The van der Waals surface area contributed by atoms with Crippen LogP contribution in [0.1, 0.15) is 39.0 Å². The van der Waals surface area contributed by atoms with Crippen molar-refractivity contribution in [3.05, 3.63) is 0 Å². The second-order valence-corrected chi connectivity index (χ2v) is 5.34. The maximum Gasteiger partial charge on any atom is 0.326 e. The first-order chi connectivity index (χ1) is 9.02. The van der Waals surface area contributed by atoms with E-state index in [-0.39, 0.29) is 11.8 Å². The lowest BCUT2D eigenvalue weighted by Gasteiger charge is -2.38. The molecule has 2 N–H and O–H groups in total. The SMILES string of the molecule is CCC1CCN(C(=O)[C@H]2CCC(=O)N2)C(C(=O)O)C1. The molecule has 2 aliphatic heterocycles. The molecule has 0 aromatic heterocycles. The number of hydrogen-bond donors (Lipinski definition) is 2. The number of hydrogen-bond acceptors (Lipinski definition) is 3. The largest absolute Gasteiger partial charge is 0.480 e. The van der Waals surface area contributed by atoms with Crippen LogP contribution in [0.3, 0.4) is 0 Å². The first kappa shape index (κ1) is 13.8. The van der Waals surface area contributed by atoms with E-state index in [9.17, 15) is 19.5 Å². The summed E-state index contributed by atoms with van der Waals surface area (Å²) in [5.74, 6) is -0.958. The Morgan fingerprint density at radius 3 is 2.68 bits per heavy atom. The van der Waals surface area contributed by atoms with E-state index >= 15 is 0 Å². The van der Waals surface area contributed by atoms with Gasteiger partial charge in [-0.1, -0.05) is 13.3 Å². The van der Waals surface area contributed by atoms with Crippen LogP contribution in [0.4, 0.5) is 0 Å². The van der Waals surface area contributed by atoms with Crippen LogP contribution < -0.4 is 5.32 Å². The Labute approximate surface area is 112 Å². The summed E-state index contributed by atoms with van der Waals surface area (Å²) in [7, 11) is 0. The minimum absolute atomic E-state index is 0.131. The highest BCUT2D eigenvalue weighted by molar-refractivity contribution is 5.93. The van der Waals surface area contributed by atoms with Crippen LogP contribution in [0.5, 0.6) is 0 Å². The predicted molar refractivity (Wildman–Crippen MR) is 67.3 cm³/mol. The summed E-state index contributed by atoms with van der Waals surface area (Å²) in [5.41, 5.74) is 0. The van der Waals surface area contributed by atoms with Gasteiger partial charge in [0.2, 0.25) is 11.8 Å². The van der Waals surface area contributed by atoms with Gasteiger partial charge in [-0.15, -0.1) is 0 Å². The van der Waals surface area contributed by atoms with Crippen molar-refractivity contribution in [2.24, 2.45) is 5.92 Å². The lowest BCUT2D eigenvalue weighted by atomic mass is 9.88. The summed E-state index contributed by atoms with van der Waals surface area (Å²) < 4.78 is 0. The number of carboxylic acid groups (broad SMARTS) is 1. The van der Waals surface area contributed by atoms with Gasteiger partial charge in [-0.25, -0.2) is 4.79 Å². The van der Waals surface area contributed by atoms with E-state index in [0.29, 0.717) is 31.7 Å². The quantitative estimate of drug-likeness (QED) is 0.774. The van der Waals surface area contributed by atoms with Crippen molar-refractivity contribution in [1.29, 1.82) is 0 Å². The molecule has 2 rings (SSSR count). The second-order valence-electron chi connectivity index (χ2n) is 5.34. The zero-order valence-corrected chi connectivity index (χ0v) is 11.1. The van der Waals surface area contributed by atoms with Gasteiger partial charge in [0.15, 0.2) is 0 Å². The smallest absolute Gasteiger partial charge is 0.326 e. The maximum atomic E-state index is 12.3. The minimum Gasteiger partial charge on any atom is -0.480 e. The third kappa shape index (κ3) is 2.88. The van der Waals surface area contributed by atoms with E-state index in [1.807, 2.05) is 6.92 Å². The van der Waals surface area contributed by atoms with Gasteiger partial charge >= 0.3 is 5.97 Å². The highest BCUT2D eigenvalue weighted by Gasteiger charge is 2.39. The fraction of sp³-hybridized carbons (Fsp3) is 0.769. The lowest BCUT2D eigenvalue weighted by Crippen LogP contribution is -2.55. The van der Waals surface area contributed by atoms with E-state index in [1.165, 1.54) is 4.90 Å². The molecule has 2 aliphatic rings. The molecule has 6 heteroatoms. The fourth-order valence-corrected chi connectivity index (χ4v) is 2.91. The van der Waals surface area contributed by atoms with Gasteiger partial charge in [0.1, 0.15) is 12.1 Å². The Hall–Kier alpha value is -1.59. The van der Waals surface area contributed by atoms with Crippen LogP contribution >= 0.6 is 0 Å². The average molecular weight is 268 g/mol. The number of carboxylic acids is 1. The molecular weight excluding hydrogens is 248 g/mol. The molecule has 106 valence electrons. The number of nitrogens with zero attached hydrogens (tertiary/aromatic N) is 1. The molecule has 0 aromatic rings. The molecule has 2 unspecified atom stereocenters. The number of carbonyl (C=O) groups is 3. The van der Waals surface area contributed by atoms with Crippen molar-refractivity contribution in [2.75, 3.05) is 6.54 Å². The summed E-state index contributed by atoms with van der Waals surface area (Å²) in [5, 5.41) is 11.9. The number of carbonyl (C=O) groups excluding carboxylic acids is 2. The van der Waals surface area contributed by atoms with Crippen LogP contribution in [-0.2, 0) is 14.4 Å². The van der Waals surface area contributed by atoms with E-state index in [2.05, 4.69) is 5.32 Å². The van der Waals surface area contributed by atoms with Crippen molar-refractivity contribution in [3.63, 3.8) is 0 Å². The molecule has 19 heavy (non-hydrogen) atoms. The molecular formula is C13H20N2O4. The van der Waals surface area contributed by atoms with Gasteiger partial charge in [0.25, 0.3) is 0 Å². The Bertz CT molecular complexity index is 396. The zero-order chi connectivity index (χ0) is 14.0. The first-order valence-corrected chi connectivity index (χ1v) is 6.85. The zero-order valence-electron chi connectivity index (χ0n) is 11.1. The van der Waals surface area contributed by atoms with Crippen molar-refractivity contribution < 1.29 is 19.5 Å². The highest BCUT2D eigenvalue weighted by atomic mass is 16.4. The van der Waals surface area contributed by atoms with Crippen LogP contribution in [0.25, 0.3) is 0 Å². The van der Waals surface area contributed by atoms with E-state index in [0.717, 1.165) is 12.8 Å². The van der Waals surface area contributed by atoms with Crippen LogP contribution in [0, 0.1) is 5.92 Å². The number of nitrogens with one attached hydrogen (secondary N) is 1. The van der Waals surface area contributed by atoms with E-state index < -0.39 is 18.1 Å². The predicted octanol–water partition coefficient (Wildman–Crippen LogP) is 0.367. The van der Waals surface area contributed by atoms with E-state index in [1.54, 1.807) is 0 Å². The van der Waals surface area contributed by atoms with Gasteiger partial charge in [-0.3, -0.25) is 9.59 Å². The molecule has 0 aromatic carbocycles. The van der Waals surface area contributed by atoms with Gasteiger partial charge < -0.3 is 15.3 Å². The molecule has 2 fully saturated rings. The second kappa shape index (κ2) is 5.59. The molecule has 2 heterocycles. The Morgan fingerprint density at radius 2 is 2.16 bits per heavy atom. The molecule has 0 bridgehead atoms. The van der Waals surface area contributed by atoms with Gasteiger partial charge in [0, 0.05) is 13.0 Å². The fourth-order valence-electron chi connectivity index (χ4n) is 2.91. The van der Waals surface area contributed by atoms with E-state index in [4.69, 9.17) is 0 Å². The lowest BCUT2D eigenvalue weighted by molar-refractivity contribution is -0.154. The number of rotatable bonds is 3. The maximum absolute atomic E-state index is 12.3. The van der Waals surface area contributed by atoms with Crippen molar-refractivity contribution in [1.82, 2.24) is 10.2 Å². The molecule has 0 spiro atoms. The number of piperidine rings is 1. The van der Waals surface area contributed by atoms with Crippen LogP contribution in [-0.4, -0.2) is 46.4 Å². The first-order valence-electron chi connectivity index (χ1n) is 6.85. The molecule has 2 amide bonds. The molecule has 6 nitrogen and oxygen atoms in total. The molecule has 0 saturated carbocycles. The van der Waals surface area contributed by atoms with Gasteiger partial charge in [0.05, 0.1) is 0 Å². The Balaban J connectivity index is 2.06. The monoisotopic (exact) mass is 268 g/mol. The third-order valence-corrected chi connectivity index (χ3v) is 4.15. The number of likely N-dealkylation sites (tertiary alicyclic amines) is 1. The topological polar surface area (TPSA) is 86.7 Å². The summed E-state index contributed by atoms with van der Waals surface area (Å²) in [4.78, 5) is 36.2. The Kier molecular flexibility index (Phi) is 4.07. The summed E-state index contributed by atoms with van der Waals surface area (Å²) in [6.07, 6.45) is 3.11. The average Bonchev–Trinajstić information content (AvgIpc) is 2.83. The van der Waals surface area contributed by atoms with Crippen LogP contribution in [0.15, 0.2) is 0 Å². The van der Waals surface area contributed by atoms with Gasteiger partial charge in [-0.2, -0.15) is 0 Å². The van der Waals surface area contributed by atoms with Crippen LogP contribution in [0.2, 0.25) is 0 Å². The standard InChI is InChI=1S/C13H20N2O4/c1-2-8-5-6-15(10(7-8)13(18)19)12(17)9-3-4-11(16)14-9/h8-10H,2-7H2,1H3,(H,14,16)(H,18,19)/t8?,9-,10?/m1/s1. The Morgan fingerprint density at radius 1 is 1.42 bits per heavy atom. The molecule has 0 aliphatic carbocycles.